The Hall–Kier alpha value is -1.40. The van der Waals surface area contributed by atoms with Crippen molar-refractivity contribution >= 4 is 16.0 Å². The third kappa shape index (κ3) is 3.37. The van der Waals surface area contributed by atoms with Crippen molar-refractivity contribution in [3.63, 3.8) is 0 Å². The Labute approximate surface area is 119 Å². The average Bonchev–Trinajstić information content (AvgIpc) is 3.15. The molecule has 0 unspecified atom stereocenters. The molecule has 1 aromatic carbocycles. The van der Waals surface area contributed by atoms with Gasteiger partial charge in [0.2, 0.25) is 10.0 Å². The van der Waals surface area contributed by atoms with Crippen molar-refractivity contribution in [2.45, 2.75) is 38.5 Å². The maximum Gasteiger partial charge on any atom is 0.318 e. The first-order valence-electron chi connectivity index (χ1n) is 6.57. The van der Waals surface area contributed by atoms with Crippen molar-refractivity contribution < 1.29 is 18.3 Å². The zero-order valence-corrected chi connectivity index (χ0v) is 12.5. The first-order valence-corrected chi connectivity index (χ1v) is 8.18. The SMILES string of the molecule is Cc1cccc(C)c1CS(=O)(=O)N(CC(=O)O)C1CC1. The lowest BCUT2D eigenvalue weighted by Gasteiger charge is -2.21. The number of rotatable bonds is 6. The third-order valence-electron chi connectivity index (χ3n) is 3.57. The Morgan fingerprint density at radius 2 is 1.85 bits per heavy atom. The van der Waals surface area contributed by atoms with Crippen LogP contribution in [0.2, 0.25) is 0 Å². The molecule has 0 aliphatic heterocycles. The monoisotopic (exact) mass is 297 g/mol. The molecule has 1 aliphatic rings. The topological polar surface area (TPSA) is 74.7 Å². The number of carboxylic acid groups (broad SMARTS) is 1. The van der Waals surface area contributed by atoms with E-state index in [1.165, 1.54) is 0 Å². The van der Waals surface area contributed by atoms with E-state index in [-0.39, 0.29) is 11.8 Å². The van der Waals surface area contributed by atoms with Gasteiger partial charge in [0.1, 0.15) is 6.54 Å². The summed E-state index contributed by atoms with van der Waals surface area (Å²) in [6.45, 7) is 3.30. The molecule has 1 aromatic rings. The lowest BCUT2D eigenvalue weighted by Crippen LogP contribution is -2.38. The van der Waals surface area contributed by atoms with Crippen LogP contribution in [0.15, 0.2) is 18.2 Å². The van der Waals surface area contributed by atoms with E-state index >= 15 is 0 Å². The molecule has 1 aliphatic carbocycles. The molecule has 5 nitrogen and oxygen atoms in total. The second-order valence-corrected chi connectivity index (χ2v) is 7.22. The lowest BCUT2D eigenvalue weighted by atomic mass is 10.1. The van der Waals surface area contributed by atoms with Gasteiger partial charge in [-0.1, -0.05) is 18.2 Å². The molecule has 1 fully saturated rings. The van der Waals surface area contributed by atoms with E-state index in [0.29, 0.717) is 0 Å². The number of aryl methyl sites for hydroxylation is 2. The molecule has 0 radical (unpaired) electrons. The zero-order chi connectivity index (χ0) is 14.9. The number of benzene rings is 1. The molecule has 110 valence electrons. The molecule has 0 spiro atoms. The van der Waals surface area contributed by atoms with Gasteiger partial charge < -0.3 is 5.11 Å². The van der Waals surface area contributed by atoms with Crippen LogP contribution >= 0.6 is 0 Å². The number of nitrogens with zero attached hydrogens (tertiary/aromatic N) is 1. The van der Waals surface area contributed by atoms with Crippen LogP contribution < -0.4 is 0 Å². The van der Waals surface area contributed by atoms with E-state index in [0.717, 1.165) is 33.8 Å². The van der Waals surface area contributed by atoms with Gasteiger partial charge in [-0.15, -0.1) is 0 Å². The highest BCUT2D eigenvalue weighted by molar-refractivity contribution is 7.88. The van der Waals surface area contributed by atoms with E-state index in [1.807, 2.05) is 32.0 Å². The van der Waals surface area contributed by atoms with Gasteiger partial charge in [0, 0.05) is 6.04 Å². The molecular weight excluding hydrogens is 278 g/mol. The van der Waals surface area contributed by atoms with Gasteiger partial charge in [-0.2, -0.15) is 4.31 Å². The second-order valence-electron chi connectivity index (χ2n) is 5.30. The predicted molar refractivity (Wildman–Crippen MR) is 75.9 cm³/mol. The van der Waals surface area contributed by atoms with Crippen LogP contribution in [-0.4, -0.2) is 36.4 Å². The average molecular weight is 297 g/mol. The fourth-order valence-corrected chi connectivity index (χ4v) is 4.25. The Morgan fingerprint density at radius 1 is 1.30 bits per heavy atom. The normalized spacial score (nSPS) is 15.6. The largest absolute Gasteiger partial charge is 0.480 e. The van der Waals surface area contributed by atoms with E-state index in [4.69, 9.17) is 5.11 Å². The molecule has 0 saturated heterocycles. The fraction of sp³-hybridized carbons (Fsp3) is 0.500. The van der Waals surface area contributed by atoms with E-state index in [2.05, 4.69) is 0 Å². The molecule has 1 saturated carbocycles. The Kier molecular flexibility index (Phi) is 4.15. The highest BCUT2D eigenvalue weighted by atomic mass is 32.2. The molecule has 6 heteroatoms. The van der Waals surface area contributed by atoms with E-state index < -0.39 is 22.5 Å². The van der Waals surface area contributed by atoms with E-state index in [9.17, 15) is 13.2 Å². The van der Waals surface area contributed by atoms with Crippen molar-refractivity contribution in [3.05, 3.63) is 34.9 Å². The minimum atomic E-state index is -3.60. The summed E-state index contributed by atoms with van der Waals surface area (Å²) in [5.41, 5.74) is 2.60. The molecule has 2 rings (SSSR count). The van der Waals surface area contributed by atoms with Crippen LogP contribution in [0, 0.1) is 13.8 Å². The summed E-state index contributed by atoms with van der Waals surface area (Å²) in [7, 11) is -3.60. The van der Waals surface area contributed by atoms with Crippen LogP contribution in [0.5, 0.6) is 0 Å². The molecule has 1 N–H and O–H groups in total. The minimum Gasteiger partial charge on any atom is -0.480 e. The van der Waals surface area contributed by atoms with Gasteiger partial charge in [-0.25, -0.2) is 8.42 Å². The number of aliphatic carboxylic acids is 1. The van der Waals surface area contributed by atoms with Crippen molar-refractivity contribution in [2.75, 3.05) is 6.54 Å². The number of hydrogen-bond acceptors (Lipinski definition) is 3. The van der Waals surface area contributed by atoms with Crippen LogP contribution in [0.4, 0.5) is 0 Å². The third-order valence-corrected chi connectivity index (χ3v) is 5.37. The van der Waals surface area contributed by atoms with Crippen LogP contribution in [0.3, 0.4) is 0 Å². The number of carbonyl (C=O) groups is 1. The summed E-state index contributed by atoms with van der Waals surface area (Å²) < 4.78 is 26.1. The Bertz CT molecular complexity index is 600. The fourth-order valence-electron chi connectivity index (χ4n) is 2.29. The van der Waals surface area contributed by atoms with Gasteiger partial charge in [0.15, 0.2) is 0 Å². The maximum atomic E-state index is 12.5. The van der Waals surface area contributed by atoms with E-state index in [1.54, 1.807) is 0 Å². The van der Waals surface area contributed by atoms with Crippen LogP contribution in [0.25, 0.3) is 0 Å². The van der Waals surface area contributed by atoms with Gasteiger partial charge >= 0.3 is 5.97 Å². The zero-order valence-electron chi connectivity index (χ0n) is 11.7. The predicted octanol–water partition coefficient (Wildman–Crippen LogP) is 1.68. The number of hydrogen-bond donors (Lipinski definition) is 1. The standard InChI is InChI=1S/C14H19NO4S/c1-10-4-3-5-11(2)13(10)9-20(18,19)15(8-14(16)17)12-6-7-12/h3-5,12H,6-9H2,1-2H3,(H,16,17). The number of sulfonamides is 1. The van der Waals surface area contributed by atoms with Crippen molar-refractivity contribution in [1.82, 2.24) is 4.31 Å². The molecule has 20 heavy (non-hydrogen) atoms. The first-order chi connectivity index (χ1) is 9.31. The minimum absolute atomic E-state index is 0.130. The van der Waals surface area contributed by atoms with Crippen molar-refractivity contribution in [3.8, 4) is 0 Å². The molecule has 0 heterocycles. The molecule has 0 atom stereocenters. The highest BCUT2D eigenvalue weighted by Crippen LogP contribution is 2.31. The first kappa shape index (κ1) is 15.0. The summed E-state index contributed by atoms with van der Waals surface area (Å²) in [6, 6.07) is 5.49. The Balaban J connectivity index is 2.27. The lowest BCUT2D eigenvalue weighted by molar-refractivity contribution is -0.137. The molecule has 0 bridgehead atoms. The molecular formula is C14H19NO4S. The highest BCUT2D eigenvalue weighted by Gasteiger charge is 2.38. The molecule has 0 aromatic heterocycles. The summed E-state index contributed by atoms with van der Waals surface area (Å²) in [5, 5.41) is 8.89. The van der Waals surface area contributed by atoms with Crippen molar-refractivity contribution in [1.29, 1.82) is 0 Å². The maximum absolute atomic E-state index is 12.5. The van der Waals surface area contributed by atoms with Gasteiger partial charge in [0.25, 0.3) is 0 Å². The number of carboxylic acids is 1. The summed E-state index contributed by atoms with van der Waals surface area (Å²) in [5.74, 6) is -1.24. The van der Waals surface area contributed by atoms with Crippen LogP contribution in [0.1, 0.15) is 29.5 Å². The van der Waals surface area contributed by atoms with Crippen LogP contribution in [-0.2, 0) is 20.6 Å². The van der Waals surface area contributed by atoms with Gasteiger partial charge in [0.05, 0.1) is 5.75 Å². The summed E-state index contributed by atoms with van der Waals surface area (Å²) in [4.78, 5) is 10.9. The van der Waals surface area contributed by atoms with Gasteiger partial charge in [-0.05, 0) is 43.4 Å². The quantitative estimate of drug-likeness (QED) is 0.867. The smallest absolute Gasteiger partial charge is 0.318 e. The van der Waals surface area contributed by atoms with Crippen molar-refractivity contribution in [2.24, 2.45) is 0 Å². The summed E-state index contributed by atoms with van der Waals surface area (Å²) >= 11 is 0. The molecule has 0 amide bonds. The Morgan fingerprint density at radius 3 is 2.30 bits per heavy atom. The van der Waals surface area contributed by atoms with Gasteiger partial charge in [-0.3, -0.25) is 4.79 Å². The summed E-state index contributed by atoms with van der Waals surface area (Å²) in [6.07, 6.45) is 1.50. The second kappa shape index (κ2) is 5.54.